The predicted molar refractivity (Wildman–Crippen MR) is 58.4 cm³/mol. The van der Waals surface area contributed by atoms with E-state index in [2.05, 4.69) is 30.6 Å². The van der Waals surface area contributed by atoms with E-state index in [1.807, 2.05) is 0 Å². The van der Waals surface area contributed by atoms with Crippen molar-refractivity contribution >= 4 is 0 Å². The summed E-state index contributed by atoms with van der Waals surface area (Å²) in [6.45, 7) is 12.5. The summed E-state index contributed by atoms with van der Waals surface area (Å²) in [7, 11) is 0. The standard InChI is InChI=1S/C12H22N2/c1-11(2,3)14-8-12(9-14)6-13(7-12)10-4-5-10/h10H,4-9H2,1-3H3. The van der Waals surface area contributed by atoms with Crippen LogP contribution in [0.15, 0.2) is 0 Å². The molecule has 0 bridgehead atoms. The Labute approximate surface area is 87.3 Å². The van der Waals surface area contributed by atoms with Crippen LogP contribution in [-0.4, -0.2) is 47.6 Å². The molecule has 2 aliphatic heterocycles. The molecule has 0 aromatic heterocycles. The summed E-state index contributed by atoms with van der Waals surface area (Å²) in [6.07, 6.45) is 2.94. The number of likely N-dealkylation sites (tertiary alicyclic amines) is 2. The van der Waals surface area contributed by atoms with Gasteiger partial charge in [0.1, 0.15) is 0 Å². The summed E-state index contributed by atoms with van der Waals surface area (Å²) < 4.78 is 0. The van der Waals surface area contributed by atoms with Gasteiger partial charge in [-0.1, -0.05) is 0 Å². The Bertz CT molecular complexity index is 236. The molecule has 2 saturated heterocycles. The molecule has 0 radical (unpaired) electrons. The fourth-order valence-electron chi connectivity index (χ4n) is 2.95. The largest absolute Gasteiger partial charge is 0.299 e. The van der Waals surface area contributed by atoms with E-state index in [0.717, 1.165) is 11.5 Å². The molecule has 1 saturated carbocycles. The topological polar surface area (TPSA) is 6.48 Å². The minimum atomic E-state index is 0.394. The van der Waals surface area contributed by atoms with Crippen LogP contribution < -0.4 is 0 Å². The molecule has 3 rings (SSSR count). The molecule has 0 amide bonds. The first-order valence-corrected chi connectivity index (χ1v) is 5.98. The molecule has 1 aliphatic carbocycles. The average Bonchev–Trinajstić information content (AvgIpc) is 2.59. The normalized spacial score (nSPS) is 32.8. The van der Waals surface area contributed by atoms with Gasteiger partial charge < -0.3 is 0 Å². The van der Waals surface area contributed by atoms with Gasteiger partial charge >= 0.3 is 0 Å². The summed E-state index contributed by atoms with van der Waals surface area (Å²) in [5.74, 6) is 0. The highest BCUT2D eigenvalue weighted by Gasteiger charge is 2.56. The van der Waals surface area contributed by atoms with Crippen LogP contribution >= 0.6 is 0 Å². The molecule has 0 N–H and O–H groups in total. The van der Waals surface area contributed by atoms with Gasteiger partial charge in [0.05, 0.1) is 0 Å². The molecule has 14 heavy (non-hydrogen) atoms. The van der Waals surface area contributed by atoms with Crippen molar-refractivity contribution < 1.29 is 0 Å². The molecule has 0 unspecified atom stereocenters. The van der Waals surface area contributed by atoms with E-state index in [9.17, 15) is 0 Å². The van der Waals surface area contributed by atoms with Crippen molar-refractivity contribution in [3.63, 3.8) is 0 Å². The van der Waals surface area contributed by atoms with Crippen molar-refractivity contribution in [1.29, 1.82) is 0 Å². The second-order valence-corrected chi connectivity index (χ2v) is 6.66. The van der Waals surface area contributed by atoms with Crippen LogP contribution in [0, 0.1) is 5.41 Å². The fraction of sp³-hybridized carbons (Fsp3) is 1.00. The van der Waals surface area contributed by atoms with E-state index in [0.29, 0.717) is 5.54 Å². The van der Waals surface area contributed by atoms with Gasteiger partial charge in [-0.3, -0.25) is 9.80 Å². The highest BCUT2D eigenvalue weighted by atomic mass is 15.4. The lowest BCUT2D eigenvalue weighted by Crippen LogP contribution is -2.74. The molecule has 0 aromatic rings. The maximum Gasteiger partial charge on any atom is 0.0212 e. The van der Waals surface area contributed by atoms with Crippen molar-refractivity contribution in [3.05, 3.63) is 0 Å². The number of hydrogen-bond acceptors (Lipinski definition) is 2. The fourth-order valence-corrected chi connectivity index (χ4v) is 2.95. The Hall–Kier alpha value is -0.0800. The SMILES string of the molecule is CC(C)(C)N1CC2(CN(C3CC3)C2)C1. The van der Waals surface area contributed by atoms with Gasteiger partial charge in [0.2, 0.25) is 0 Å². The zero-order chi connectivity index (χ0) is 9.97. The zero-order valence-corrected chi connectivity index (χ0v) is 9.71. The van der Waals surface area contributed by atoms with E-state index in [1.54, 1.807) is 0 Å². The molecule has 2 nitrogen and oxygen atoms in total. The number of hydrogen-bond donors (Lipinski definition) is 0. The Morgan fingerprint density at radius 3 is 2.00 bits per heavy atom. The van der Waals surface area contributed by atoms with Crippen LogP contribution in [0.2, 0.25) is 0 Å². The third kappa shape index (κ3) is 1.31. The lowest BCUT2D eigenvalue weighted by atomic mass is 9.71. The molecule has 3 fully saturated rings. The van der Waals surface area contributed by atoms with Gasteiger partial charge in [-0.25, -0.2) is 0 Å². The van der Waals surface area contributed by atoms with Crippen molar-refractivity contribution in [3.8, 4) is 0 Å². The monoisotopic (exact) mass is 194 g/mol. The number of rotatable bonds is 1. The van der Waals surface area contributed by atoms with Crippen LogP contribution in [0.1, 0.15) is 33.6 Å². The van der Waals surface area contributed by atoms with Crippen molar-refractivity contribution in [1.82, 2.24) is 9.80 Å². The first-order valence-electron chi connectivity index (χ1n) is 5.98. The summed E-state index contributed by atoms with van der Waals surface area (Å²) in [5, 5.41) is 0. The molecule has 0 atom stereocenters. The van der Waals surface area contributed by atoms with Gasteiger partial charge in [-0.05, 0) is 33.6 Å². The molecule has 0 aromatic carbocycles. The maximum atomic E-state index is 2.69. The van der Waals surface area contributed by atoms with E-state index >= 15 is 0 Å². The molecule has 1 spiro atoms. The van der Waals surface area contributed by atoms with E-state index < -0.39 is 0 Å². The van der Waals surface area contributed by atoms with E-state index in [1.165, 1.54) is 39.0 Å². The maximum absolute atomic E-state index is 2.69. The lowest BCUT2D eigenvalue weighted by molar-refractivity contribution is -0.147. The molecular formula is C12H22N2. The van der Waals surface area contributed by atoms with Crippen LogP contribution in [0.3, 0.4) is 0 Å². The summed E-state index contributed by atoms with van der Waals surface area (Å²) >= 11 is 0. The Kier molecular flexibility index (Phi) is 1.66. The third-order valence-corrected chi connectivity index (χ3v) is 4.14. The number of nitrogens with zero attached hydrogens (tertiary/aromatic N) is 2. The van der Waals surface area contributed by atoms with Crippen molar-refractivity contribution in [2.45, 2.75) is 45.2 Å². The van der Waals surface area contributed by atoms with Gasteiger partial charge in [0.25, 0.3) is 0 Å². The Morgan fingerprint density at radius 1 is 1.00 bits per heavy atom. The summed E-state index contributed by atoms with van der Waals surface area (Å²) in [5.41, 5.74) is 1.11. The highest BCUT2D eigenvalue weighted by molar-refractivity contribution is 5.10. The van der Waals surface area contributed by atoms with E-state index in [-0.39, 0.29) is 0 Å². The first kappa shape index (κ1) is 9.17. The van der Waals surface area contributed by atoms with Crippen molar-refractivity contribution in [2.24, 2.45) is 5.41 Å². The quantitative estimate of drug-likeness (QED) is 0.625. The van der Waals surface area contributed by atoms with Crippen LogP contribution in [0.4, 0.5) is 0 Å². The van der Waals surface area contributed by atoms with Gasteiger partial charge in [0.15, 0.2) is 0 Å². The van der Waals surface area contributed by atoms with Crippen LogP contribution in [-0.2, 0) is 0 Å². The molecular weight excluding hydrogens is 172 g/mol. The first-order chi connectivity index (χ1) is 6.49. The summed E-state index contributed by atoms with van der Waals surface area (Å²) in [4.78, 5) is 5.32. The zero-order valence-electron chi connectivity index (χ0n) is 9.71. The second kappa shape index (κ2) is 2.53. The molecule has 2 heteroatoms. The van der Waals surface area contributed by atoms with Crippen LogP contribution in [0.5, 0.6) is 0 Å². The molecule has 2 heterocycles. The summed E-state index contributed by atoms with van der Waals surface area (Å²) in [6, 6.07) is 0.990. The second-order valence-electron chi connectivity index (χ2n) is 6.66. The Morgan fingerprint density at radius 2 is 1.57 bits per heavy atom. The van der Waals surface area contributed by atoms with Gasteiger partial charge in [0, 0.05) is 43.2 Å². The third-order valence-electron chi connectivity index (χ3n) is 4.14. The lowest BCUT2D eigenvalue weighted by Gasteiger charge is -2.64. The van der Waals surface area contributed by atoms with Gasteiger partial charge in [-0.2, -0.15) is 0 Å². The Balaban J connectivity index is 1.51. The van der Waals surface area contributed by atoms with E-state index in [4.69, 9.17) is 0 Å². The average molecular weight is 194 g/mol. The minimum Gasteiger partial charge on any atom is -0.299 e. The van der Waals surface area contributed by atoms with Crippen LogP contribution in [0.25, 0.3) is 0 Å². The minimum absolute atomic E-state index is 0.394. The molecule has 80 valence electrons. The molecule has 3 aliphatic rings. The predicted octanol–water partition coefficient (Wildman–Crippen LogP) is 1.56. The highest BCUT2D eigenvalue weighted by Crippen LogP contribution is 2.46. The van der Waals surface area contributed by atoms with Gasteiger partial charge in [-0.15, -0.1) is 0 Å². The van der Waals surface area contributed by atoms with Crippen molar-refractivity contribution in [2.75, 3.05) is 26.2 Å². The smallest absolute Gasteiger partial charge is 0.0212 e.